The van der Waals surface area contributed by atoms with E-state index < -0.39 is 0 Å². The van der Waals surface area contributed by atoms with Crippen molar-refractivity contribution in [1.82, 2.24) is 0 Å². The van der Waals surface area contributed by atoms with Gasteiger partial charge in [-0.2, -0.15) is 0 Å². The lowest BCUT2D eigenvalue weighted by molar-refractivity contribution is -0.273. The second-order valence-electron chi connectivity index (χ2n) is 12.9. The van der Waals surface area contributed by atoms with Crippen molar-refractivity contribution >= 4 is 0 Å². The van der Waals surface area contributed by atoms with Crippen LogP contribution in [-0.2, 0) is 9.47 Å². The summed E-state index contributed by atoms with van der Waals surface area (Å²) in [4.78, 5) is 0. The minimum Gasteiger partial charge on any atom is -0.349 e. The lowest BCUT2D eigenvalue weighted by Gasteiger charge is -2.61. The van der Waals surface area contributed by atoms with E-state index in [-0.39, 0.29) is 5.79 Å². The van der Waals surface area contributed by atoms with Crippen molar-refractivity contribution in [2.24, 2.45) is 52.3 Å². The highest BCUT2D eigenvalue weighted by atomic mass is 16.7. The van der Waals surface area contributed by atoms with Gasteiger partial charge in [-0.05, 0) is 97.7 Å². The fourth-order valence-corrected chi connectivity index (χ4v) is 10.3. The predicted molar refractivity (Wildman–Crippen MR) is 116 cm³/mol. The van der Waals surface area contributed by atoms with Gasteiger partial charge in [0, 0.05) is 12.3 Å². The van der Waals surface area contributed by atoms with Crippen LogP contribution in [0.5, 0.6) is 0 Å². The summed E-state index contributed by atoms with van der Waals surface area (Å²) in [5.74, 6) is 5.62. The van der Waals surface area contributed by atoms with Crippen LogP contribution in [0.1, 0.15) is 98.3 Å². The van der Waals surface area contributed by atoms with E-state index in [1.54, 1.807) is 0 Å². The molecule has 2 nitrogen and oxygen atoms in total. The molecule has 6 aliphatic rings. The minimum atomic E-state index is -0.250. The van der Waals surface area contributed by atoms with Crippen molar-refractivity contribution in [1.29, 1.82) is 0 Å². The molecule has 2 heterocycles. The molecule has 0 bridgehead atoms. The van der Waals surface area contributed by atoms with E-state index in [0.29, 0.717) is 28.8 Å². The molecule has 4 aliphatic carbocycles. The first-order valence-electron chi connectivity index (χ1n) is 13.2. The van der Waals surface area contributed by atoms with E-state index in [4.69, 9.17) is 9.47 Å². The Hall–Kier alpha value is -0.0800. The van der Waals surface area contributed by atoms with Gasteiger partial charge in [0.1, 0.15) is 0 Å². The Kier molecular flexibility index (Phi) is 4.37. The Morgan fingerprint density at radius 2 is 1.66 bits per heavy atom. The van der Waals surface area contributed by atoms with Gasteiger partial charge in [0.25, 0.3) is 0 Å². The zero-order valence-corrected chi connectivity index (χ0v) is 19.4. The monoisotopic (exact) mass is 400 g/mol. The van der Waals surface area contributed by atoms with Crippen molar-refractivity contribution in [3.05, 3.63) is 0 Å². The molecule has 6 fully saturated rings. The van der Waals surface area contributed by atoms with Crippen LogP contribution in [0.15, 0.2) is 0 Å². The lowest BCUT2D eigenvalue weighted by atomic mass is 9.44. The summed E-state index contributed by atoms with van der Waals surface area (Å²) >= 11 is 0. The maximum atomic E-state index is 6.92. The van der Waals surface area contributed by atoms with Crippen LogP contribution in [0.3, 0.4) is 0 Å². The van der Waals surface area contributed by atoms with Crippen molar-refractivity contribution in [3.63, 3.8) is 0 Å². The second-order valence-corrected chi connectivity index (χ2v) is 12.9. The Bertz CT molecular complexity index is 651. The first kappa shape index (κ1) is 19.6. The summed E-state index contributed by atoms with van der Waals surface area (Å²) in [5, 5.41) is 0. The molecule has 0 N–H and O–H groups in total. The SMILES string of the molecule is C[C@@H]1CC[C@@]2(OC1)OC1C[C@H]3C4CC[C@H]5CCCCC5(C)C4CCC3(C)C1[C@@H]2C. The molecule has 29 heavy (non-hydrogen) atoms. The van der Waals surface area contributed by atoms with Gasteiger partial charge in [-0.25, -0.2) is 0 Å². The van der Waals surface area contributed by atoms with Gasteiger partial charge >= 0.3 is 0 Å². The quantitative estimate of drug-likeness (QED) is 0.444. The van der Waals surface area contributed by atoms with Gasteiger partial charge in [-0.15, -0.1) is 0 Å². The van der Waals surface area contributed by atoms with Crippen LogP contribution in [0.2, 0.25) is 0 Å². The summed E-state index contributed by atoms with van der Waals surface area (Å²) in [6, 6.07) is 0. The average molecular weight is 401 g/mol. The van der Waals surface area contributed by atoms with Crippen LogP contribution < -0.4 is 0 Å². The molecule has 1 spiro atoms. The van der Waals surface area contributed by atoms with Crippen LogP contribution in [0.25, 0.3) is 0 Å². The molecule has 6 unspecified atom stereocenters. The van der Waals surface area contributed by atoms with Gasteiger partial charge in [0.15, 0.2) is 5.79 Å². The molecule has 0 aromatic rings. The Balaban J connectivity index is 1.27. The van der Waals surface area contributed by atoms with Crippen LogP contribution in [0, 0.1) is 52.3 Å². The summed E-state index contributed by atoms with van der Waals surface area (Å²) in [5.41, 5.74) is 1.13. The molecule has 0 radical (unpaired) electrons. The van der Waals surface area contributed by atoms with Crippen LogP contribution >= 0.6 is 0 Å². The highest BCUT2D eigenvalue weighted by Crippen LogP contribution is 2.71. The number of rotatable bonds is 0. The van der Waals surface area contributed by atoms with Crippen molar-refractivity contribution < 1.29 is 9.47 Å². The van der Waals surface area contributed by atoms with Crippen LogP contribution in [0.4, 0.5) is 0 Å². The normalized spacial score (nSPS) is 61.7. The number of ether oxygens (including phenoxy) is 2. The zero-order chi connectivity index (χ0) is 20.0. The molecule has 11 atom stereocenters. The zero-order valence-electron chi connectivity index (χ0n) is 19.4. The van der Waals surface area contributed by atoms with Gasteiger partial charge in [0.05, 0.1) is 12.7 Å². The summed E-state index contributed by atoms with van der Waals surface area (Å²) in [6.07, 6.45) is 16.2. The predicted octanol–water partition coefficient (Wildman–Crippen LogP) is 6.82. The number of hydrogen-bond donors (Lipinski definition) is 0. The van der Waals surface area contributed by atoms with Gasteiger partial charge in [0.2, 0.25) is 0 Å². The summed E-state index contributed by atoms with van der Waals surface area (Å²) < 4.78 is 13.4. The highest BCUT2D eigenvalue weighted by Gasteiger charge is 2.68. The molecule has 2 heteroatoms. The van der Waals surface area contributed by atoms with E-state index in [1.807, 2.05) is 0 Å². The summed E-state index contributed by atoms with van der Waals surface area (Å²) in [6.45, 7) is 11.1. The van der Waals surface area contributed by atoms with Crippen LogP contribution in [-0.4, -0.2) is 18.5 Å². The first-order valence-corrected chi connectivity index (χ1v) is 13.2. The molecular formula is C27H44O2. The summed E-state index contributed by atoms with van der Waals surface area (Å²) in [7, 11) is 0. The lowest BCUT2D eigenvalue weighted by Crippen LogP contribution is -2.54. The molecular weight excluding hydrogens is 356 g/mol. The highest BCUT2D eigenvalue weighted by molar-refractivity contribution is 5.15. The number of hydrogen-bond acceptors (Lipinski definition) is 2. The Labute approximate surface area is 178 Å². The van der Waals surface area contributed by atoms with Crippen molar-refractivity contribution in [3.8, 4) is 0 Å². The fraction of sp³-hybridized carbons (Fsp3) is 1.00. The van der Waals surface area contributed by atoms with Crippen molar-refractivity contribution in [2.45, 2.75) is 110 Å². The van der Waals surface area contributed by atoms with Gasteiger partial charge < -0.3 is 9.47 Å². The van der Waals surface area contributed by atoms with Gasteiger partial charge in [-0.1, -0.05) is 40.5 Å². The molecule has 4 saturated carbocycles. The third-order valence-corrected chi connectivity index (χ3v) is 11.9. The average Bonchev–Trinajstić information content (AvgIpc) is 3.15. The topological polar surface area (TPSA) is 18.5 Å². The smallest absolute Gasteiger partial charge is 0.171 e. The first-order chi connectivity index (χ1) is 13.9. The van der Waals surface area contributed by atoms with Crippen molar-refractivity contribution in [2.75, 3.05) is 6.61 Å². The maximum Gasteiger partial charge on any atom is 0.171 e. The Morgan fingerprint density at radius 1 is 0.793 bits per heavy atom. The number of fused-ring (bicyclic) bond motifs is 7. The molecule has 164 valence electrons. The van der Waals surface area contributed by atoms with E-state index in [2.05, 4.69) is 27.7 Å². The van der Waals surface area contributed by atoms with E-state index >= 15 is 0 Å². The minimum absolute atomic E-state index is 0.250. The van der Waals surface area contributed by atoms with E-state index in [0.717, 1.165) is 42.6 Å². The van der Waals surface area contributed by atoms with E-state index in [1.165, 1.54) is 64.2 Å². The molecule has 2 aliphatic heterocycles. The van der Waals surface area contributed by atoms with E-state index in [9.17, 15) is 0 Å². The third kappa shape index (κ3) is 2.54. The molecule has 0 aromatic heterocycles. The Morgan fingerprint density at radius 3 is 2.45 bits per heavy atom. The fourth-order valence-electron chi connectivity index (χ4n) is 10.3. The standard InChI is InChI=1S/C27H44O2/c1-17-10-14-27(28-16-17)18(2)24-23(29-27)15-22-20-9-8-19-7-5-6-12-25(19,3)21(20)11-13-26(22,24)4/h17-24H,5-16H2,1-4H3/t17-,18+,19-,20?,21?,22+,23?,24?,25?,26?,27-/m1/s1. The molecule has 0 aromatic carbocycles. The third-order valence-electron chi connectivity index (χ3n) is 11.9. The maximum absolute atomic E-state index is 6.92. The largest absolute Gasteiger partial charge is 0.349 e. The molecule has 6 rings (SSSR count). The molecule has 0 amide bonds. The second kappa shape index (κ2) is 6.47. The molecule has 2 saturated heterocycles. The van der Waals surface area contributed by atoms with Gasteiger partial charge in [-0.3, -0.25) is 0 Å².